The molecule has 2 aromatic carbocycles. The van der Waals surface area contributed by atoms with Gasteiger partial charge in [0.2, 0.25) is 0 Å². The van der Waals surface area contributed by atoms with Crippen LogP contribution in [0.2, 0.25) is 0 Å². The summed E-state index contributed by atoms with van der Waals surface area (Å²) in [6.45, 7) is 3.80. The van der Waals surface area contributed by atoms with E-state index >= 15 is 0 Å². The Hall–Kier alpha value is -3.41. The molecule has 2 amide bonds. The van der Waals surface area contributed by atoms with Gasteiger partial charge in [-0.3, -0.25) is 14.3 Å². The summed E-state index contributed by atoms with van der Waals surface area (Å²) in [6.07, 6.45) is 1.56. The number of benzene rings is 2. The van der Waals surface area contributed by atoms with Gasteiger partial charge in [0.15, 0.2) is 5.69 Å². The molecule has 2 atom stereocenters. The Balaban J connectivity index is 1.75. The van der Waals surface area contributed by atoms with Crippen molar-refractivity contribution in [1.29, 1.82) is 0 Å². The number of carbonyl (C=O) groups is 2. The SMILES string of the molecule is CC(NC(=O)c1cn(C)nc1C(=O)NC(C)c1ccccc1)c1ccccc1. The highest BCUT2D eigenvalue weighted by Gasteiger charge is 2.24. The van der Waals surface area contributed by atoms with Gasteiger partial charge in [-0.2, -0.15) is 5.10 Å². The monoisotopic (exact) mass is 376 g/mol. The first-order valence-electron chi connectivity index (χ1n) is 9.21. The van der Waals surface area contributed by atoms with Crippen LogP contribution in [0.3, 0.4) is 0 Å². The zero-order chi connectivity index (χ0) is 20.1. The molecule has 1 aromatic heterocycles. The van der Waals surface area contributed by atoms with Crippen molar-refractivity contribution in [1.82, 2.24) is 20.4 Å². The van der Waals surface area contributed by atoms with Gasteiger partial charge in [-0.1, -0.05) is 60.7 Å². The van der Waals surface area contributed by atoms with Gasteiger partial charge in [0.05, 0.1) is 17.6 Å². The third-order valence-corrected chi connectivity index (χ3v) is 4.58. The van der Waals surface area contributed by atoms with E-state index in [-0.39, 0.29) is 35.2 Å². The average molecular weight is 376 g/mol. The molecule has 6 nitrogen and oxygen atoms in total. The summed E-state index contributed by atoms with van der Waals surface area (Å²) < 4.78 is 1.48. The second-order valence-corrected chi connectivity index (χ2v) is 6.78. The Kier molecular flexibility index (Phi) is 5.89. The van der Waals surface area contributed by atoms with Gasteiger partial charge in [0.25, 0.3) is 11.8 Å². The molecule has 1 heterocycles. The maximum atomic E-state index is 12.8. The molecule has 0 bridgehead atoms. The van der Waals surface area contributed by atoms with Crippen LogP contribution < -0.4 is 10.6 Å². The maximum Gasteiger partial charge on any atom is 0.273 e. The highest BCUT2D eigenvalue weighted by molar-refractivity contribution is 6.06. The fraction of sp³-hybridized carbons (Fsp3) is 0.227. The number of rotatable bonds is 6. The molecule has 28 heavy (non-hydrogen) atoms. The minimum atomic E-state index is -0.380. The molecule has 3 rings (SSSR count). The van der Waals surface area contributed by atoms with Crippen LogP contribution >= 0.6 is 0 Å². The van der Waals surface area contributed by atoms with Gasteiger partial charge in [0, 0.05) is 13.2 Å². The number of nitrogens with one attached hydrogen (secondary N) is 2. The van der Waals surface area contributed by atoms with Crippen LogP contribution in [-0.2, 0) is 7.05 Å². The van der Waals surface area contributed by atoms with Crippen molar-refractivity contribution >= 4 is 11.8 Å². The lowest BCUT2D eigenvalue weighted by atomic mass is 10.1. The number of hydrogen-bond acceptors (Lipinski definition) is 3. The molecule has 2 N–H and O–H groups in total. The van der Waals surface area contributed by atoms with Crippen molar-refractivity contribution in [2.75, 3.05) is 0 Å². The molecule has 0 aliphatic rings. The molecule has 144 valence electrons. The molecule has 0 aliphatic heterocycles. The summed E-state index contributed by atoms with van der Waals surface area (Å²) in [5.41, 5.74) is 2.34. The number of aryl methyl sites for hydroxylation is 1. The van der Waals surface area contributed by atoms with E-state index in [0.29, 0.717) is 0 Å². The molecular weight excluding hydrogens is 352 g/mol. The molecule has 0 saturated carbocycles. The van der Waals surface area contributed by atoms with E-state index in [0.717, 1.165) is 11.1 Å². The standard InChI is InChI=1S/C22H24N4O2/c1-15(17-10-6-4-7-11-17)23-21(27)19-14-26(3)25-20(19)22(28)24-16(2)18-12-8-5-9-13-18/h4-16H,1-3H3,(H,23,27)(H,24,28). The van der Waals surface area contributed by atoms with Crippen LogP contribution in [0.4, 0.5) is 0 Å². The van der Waals surface area contributed by atoms with Crippen molar-refractivity contribution in [2.24, 2.45) is 7.05 Å². The predicted molar refractivity (Wildman–Crippen MR) is 108 cm³/mol. The van der Waals surface area contributed by atoms with Crippen LogP contribution in [0.25, 0.3) is 0 Å². The Morgan fingerprint density at radius 3 is 1.79 bits per heavy atom. The van der Waals surface area contributed by atoms with Crippen LogP contribution in [0.1, 0.15) is 57.9 Å². The molecule has 0 saturated heterocycles. The van der Waals surface area contributed by atoms with Crippen LogP contribution in [0, 0.1) is 0 Å². The van der Waals surface area contributed by atoms with E-state index in [1.54, 1.807) is 13.2 Å². The highest BCUT2D eigenvalue weighted by atomic mass is 16.2. The van der Waals surface area contributed by atoms with E-state index in [1.807, 2.05) is 74.5 Å². The summed E-state index contributed by atoms with van der Waals surface area (Å²) in [4.78, 5) is 25.5. The molecule has 0 radical (unpaired) electrons. The molecule has 0 aliphatic carbocycles. The lowest BCUT2D eigenvalue weighted by molar-refractivity contribution is 0.0902. The van der Waals surface area contributed by atoms with Crippen molar-refractivity contribution in [2.45, 2.75) is 25.9 Å². The fourth-order valence-electron chi connectivity index (χ4n) is 3.01. The smallest absolute Gasteiger partial charge is 0.273 e. The molecular formula is C22H24N4O2. The fourth-order valence-corrected chi connectivity index (χ4v) is 3.01. The van der Waals surface area contributed by atoms with Crippen LogP contribution in [-0.4, -0.2) is 21.6 Å². The van der Waals surface area contributed by atoms with Crippen LogP contribution in [0.15, 0.2) is 66.9 Å². The zero-order valence-electron chi connectivity index (χ0n) is 16.2. The first-order valence-corrected chi connectivity index (χ1v) is 9.21. The average Bonchev–Trinajstić information content (AvgIpc) is 3.11. The molecule has 2 unspecified atom stereocenters. The normalized spacial score (nSPS) is 12.8. The van der Waals surface area contributed by atoms with E-state index in [1.165, 1.54) is 4.68 Å². The number of amides is 2. The third-order valence-electron chi connectivity index (χ3n) is 4.58. The van der Waals surface area contributed by atoms with Crippen molar-refractivity contribution in [3.05, 3.63) is 89.2 Å². The van der Waals surface area contributed by atoms with Crippen molar-refractivity contribution < 1.29 is 9.59 Å². The lowest BCUT2D eigenvalue weighted by Crippen LogP contribution is -2.31. The van der Waals surface area contributed by atoms with Gasteiger partial charge in [-0.05, 0) is 25.0 Å². The van der Waals surface area contributed by atoms with Gasteiger partial charge in [-0.25, -0.2) is 0 Å². The Morgan fingerprint density at radius 2 is 1.29 bits per heavy atom. The quantitative estimate of drug-likeness (QED) is 0.692. The van der Waals surface area contributed by atoms with E-state index < -0.39 is 0 Å². The van der Waals surface area contributed by atoms with Gasteiger partial charge < -0.3 is 10.6 Å². The summed E-state index contributed by atoms with van der Waals surface area (Å²) >= 11 is 0. The lowest BCUT2D eigenvalue weighted by Gasteiger charge is -2.15. The van der Waals surface area contributed by atoms with E-state index in [2.05, 4.69) is 15.7 Å². The first-order chi connectivity index (χ1) is 13.5. The minimum Gasteiger partial charge on any atom is -0.345 e. The van der Waals surface area contributed by atoms with E-state index in [9.17, 15) is 9.59 Å². The van der Waals surface area contributed by atoms with Crippen LogP contribution in [0.5, 0.6) is 0 Å². The summed E-state index contributed by atoms with van der Waals surface area (Å²) in [5, 5.41) is 10.0. The zero-order valence-corrected chi connectivity index (χ0v) is 16.2. The molecule has 3 aromatic rings. The Labute approximate surface area is 164 Å². The number of hydrogen-bond donors (Lipinski definition) is 2. The number of carbonyl (C=O) groups excluding carboxylic acids is 2. The predicted octanol–water partition coefficient (Wildman–Crippen LogP) is 3.40. The topological polar surface area (TPSA) is 76.0 Å². The van der Waals surface area contributed by atoms with Gasteiger partial charge in [-0.15, -0.1) is 0 Å². The Bertz CT molecular complexity index is 874. The summed E-state index contributed by atoms with van der Waals surface area (Å²) in [7, 11) is 1.69. The van der Waals surface area contributed by atoms with Gasteiger partial charge in [0.1, 0.15) is 0 Å². The molecule has 0 spiro atoms. The highest BCUT2D eigenvalue weighted by Crippen LogP contribution is 2.16. The van der Waals surface area contributed by atoms with Crippen molar-refractivity contribution in [3.63, 3.8) is 0 Å². The molecule has 0 fully saturated rings. The van der Waals surface area contributed by atoms with Gasteiger partial charge >= 0.3 is 0 Å². The van der Waals surface area contributed by atoms with Crippen molar-refractivity contribution in [3.8, 4) is 0 Å². The third kappa shape index (κ3) is 4.46. The summed E-state index contributed by atoms with van der Waals surface area (Å²) in [6, 6.07) is 18.9. The Morgan fingerprint density at radius 1 is 0.821 bits per heavy atom. The maximum absolute atomic E-state index is 12.8. The largest absolute Gasteiger partial charge is 0.345 e. The first kappa shape index (κ1) is 19.4. The van der Waals surface area contributed by atoms with E-state index in [4.69, 9.17) is 0 Å². The second kappa shape index (κ2) is 8.52. The number of nitrogens with zero attached hydrogens (tertiary/aromatic N) is 2. The molecule has 6 heteroatoms. The minimum absolute atomic E-state index is 0.114. The second-order valence-electron chi connectivity index (χ2n) is 6.78. The summed E-state index contributed by atoms with van der Waals surface area (Å²) in [5.74, 6) is -0.712. The number of aromatic nitrogens is 2.